The van der Waals surface area contributed by atoms with Crippen LogP contribution in [0.2, 0.25) is 10.0 Å². The summed E-state index contributed by atoms with van der Waals surface area (Å²) in [5, 5.41) is 6.26. The van der Waals surface area contributed by atoms with Crippen molar-refractivity contribution in [2.24, 2.45) is 0 Å². The largest absolute Gasteiger partial charge is 0.354 e. The van der Waals surface area contributed by atoms with Gasteiger partial charge in [0.1, 0.15) is 6.04 Å². The molecule has 19 heavy (non-hydrogen) atoms. The third-order valence-electron chi connectivity index (χ3n) is 2.97. The van der Waals surface area contributed by atoms with Crippen LogP contribution in [0.15, 0.2) is 18.2 Å². The molecule has 4 nitrogen and oxygen atoms in total. The van der Waals surface area contributed by atoms with Gasteiger partial charge in [-0.1, -0.05) is 23.2 Å². The van der Waals surface area contributed by atoms with Gasteiger partial charge in [0, 0.05) is 22.2 Å². The Labute approximate surface area is 121 Å². The first-order valence-electron chi connectivity index (χ1n) is 6.11. The second kappa shape index (κ2) is 6.26. The molecule has 1 atom stereocenters. The molecule has 1 aliphatic rings. The molecule has 1 saturated heterocycles. The molecule has 0 spiro atoms. The lowest BCUT2D eigenvalue weighted by Gasteiger charge is -2.15. The van der Waals surface area contributed by atoms with E-state index in [0.29, 0.717) is 28.6 Å². The number of hydrogen-bond donors (Lipinski definition) is 2. The van der Waals surface area contributed by atoms with Gasteiger partial charge < -0.3 is 10.6 Å². The molecule has 2 amide bonds. The fourth-order valence-corrected chi connectivity index (χ4v) is 2.53. The zero-order valence-corrected chi connectivity index (χ0v) is 11.7. The fraction of sp³-hybridized carbons (Fsp3) is 0.385. The van der Waals surface area contributed by atoms with E-state index in [1.54, 1.807) is 6.07 Å². The fourth-order valence-electron chi connectivity index (χ4n) is 2.00. The third kappa shape index (κ3) is 3.85. The summed E-state index contributed by atoms with van der Waals surface area (Å²) in [5.41, 5.74) is 0.356. The number of halogens is 2. The summed E-state index contributed by atoms with van der Waals surface area (Å²) >= 11 is 11.7. The molecule has 1 aromatic carbocycles. The second-order valence-corrected chi connectivity index (χ2v) is 5.34. The van der Waals surface area contributed by atoms with Crippen molar-refractivity contribution in [3.05, 3.63) is 33.8 Å². The zero-order chi connectivity index (χ0) is 13.8. The van der Waals surface area contributed by atoms with Crippen LogP contribution in [0.5, 0.6) is 0 Å². The first kappa shape index (κ1) is 14.2. The van der Waals surface area contributed by atoms with E-state index in [9.17, 15) is 9.59 Å². The highest BCUT2D eigenvalue weighted by Gasteiger charge is 2.23. The first-order chi connectivity index (χ1) is 9.06. The van der Waals surface area contributed by atoms with Crippen molar-refractivity contribution in [3.63, 3.8) is 0 Å². The number of rotatable bonds is 2. The Hall–Kier alpha value is -1.26. The summed E-state index contributed by atoms with van der Waals surface area (Å²) in [4.78, 5) is 23.8. The normalized spacial score (nSPS) is 19.5. The quantitative estimate of drug-likeness (QED) is 0.881. The van der Waals surface area contributed by atoms with Crippen LogP contribution in [0.3, 0.4) is 0 Å². The van der Waals surface area contributed by atoms with E-state index in [0.717, 1.165) is 12.8 Å². The van der Waals surface area contributed by atoms with Crippen LogP contribution in [0.1, 0.15) is 29.6 Å². The van der Waals surface area contributed by atoms with Crippen LogP contribution < -0.4 is 10.6 Å². The van der Waals surface area contributed by atoms with Crippen LogP contribution in [0, 0.1) is 0 Å². The number of carbonyl (C=O) groups is 2. The molecular formula is C13H14Cl2N2O2. The second-order valence-electron chi connectivity index (χ2n) is 4.47. The average molecular weight is 301 g/mol. The molecule has 0 aromatic heterocycles. The summed E-state index contributed by atoms with van der Waals surface area (Å²) < 4.78 is 0. The van der Waals surface area contributed by atoms with Crippen LogP contribution in [0.4, 0.5) is 0 Å². The van der Waals surface area contributed by atoms with Crippen LogP contribution in [-0.2, 0) is 4.79 Å². The Morgan fingerprint density at radius 2 is 1.89 bits per heavy atom. The third-order valence-corrected chi connectivity index (χ3v) is 3.40. The molecule has 0 bridgehead atoms. The number of benzene rings is 1. The maximum atomic E-state index is 12.1. The smallest absolute Gasteiger partial charge is 0.252 e. The van der Waals surface area contributed by atoms with Gasteiger partial charge in [0.2, 0.25) is 5.91 Å². The van der Waals surface area contributed by atoms with Crippen molar-refractivity contribution in [1.82, 2.24) is 10.6 Å². The van der Waals surface area contributed by atoms with Gasteiger partial charge in [-0.3, -0.25) is 9.59 Å². The Kier molecular flexibility index (Phi) is 4.66. The van der Waals surface area contributed by atoms with Crippen molar-refractivity contribution in [2.75, 3.05) is 6.54 Å². The van der Waals surface area contributed by atoms with E-state index in [2.05, 4.69) is 10.6 Å². The Morgan fingerprint density at radius 3 is 2.58 bits per heavy atom. The Morgan fingerprint density at radius 1 is 1.21 bits per heavy atom. The minimum absolute atomic E-state index is 0.140. The molecule has 0 aliphatic carbocycles. The van der Waals surface area contributed by atoms with Crippen molar-refractivity contribution >= 4 is 35.0 Å². The van der Waals surface area contributed by atoms with Gasteiger partial charge in [-0.2, -0.15) is 0 Å². The number of carbonyl (C=O) groups excluding carboxylic acids is 2. The molecule has 0 unspecified atom stereocenters. The van der Waals surface area contributed by atoms with E-state index in [-0.39, 0.29) is 11.8 Å². The van der Waals surface area contributed by atoms with Gasteiger partial charge in [-0.25, -0.2) is 0 Å². The van der Waals surface area contributed by atoms with E-state index < -0.39 is 6.04 Å². The number of amides is 2. The number of nitrogens with one attached hydrogen (secondary N) is 2. The van der Waals surface area contributed by atoms with Gasteiger partial charge in [0.05, 0.1) is 0 Å². The predicted molar refractivity (Wildman–Crippen MR) is 74.6 cm³/mol. The molecule has 1 aliphatic heterocycles. The van der Waals surface area contributed by atoms with Gasteiger partial charge >= 0.3 is 0 Å². The highest BCUT2D eigenvalue weighted by Crippen LogP contribution is 2.19. The molecule has 1 aromatic rings. The lowest BCUT2D eigenvalue weighted by atomic mass is 10.1. The molecule has 1 fully saturated rings. The van der Waals surface area contributed by atoms with Crippen LogP contribution in [0.25, 0.3) is 0 Å². The molecule has 2 N–H and O–H groups in total. The molecular weight excluding hydrogens is 287 g/mol. The Balaban J connectivity index is 2.09. The van der Waals surface area contributed by atoms with Crippen molar-refractivity contribution in [1.29, 1.82) is 0 Å². The summed E-state index contributed by atoms with van der Waals surface area (Å²) in [6.45, 7) is 0.661. The van der Waals surface area contributed by atoms with Crippen LogP contribution >= 0.6 is 23.2 Å². The monoisotopic (exact) mass is 300 g/mol. The summed E-state index contributed by atoms with van der Waals surface area (Å²) in [5.74, 6) is -0.481. The Bertz CT molecular complexity index is 485. The van der Waals surface area contributed by atoms with Crippen molar-refractivity contribution in [3.8, 4) is 0 Å². The summed E-state index contributed by atoms with van der Waals surface area (Å²) in [6.07, 6.45) is 2.48. The van der Waals surface area contributed by atoms with Gasteiger partial charge in [-0.15, -0.1) is 0 Å². The van der Waals surface area contributed by atoms with E-state index in [1.807, 2.05) is 0 Å². The zero-order valence-electron chi connectivity index (χ0n) is 10.2. The van der Waals surface area contributed by atoms with Gasteiger partial charge in [-0.05, 0) is 37.5 Å². The lowest BCUT2D eigenvalue weighted by Crippen LogP contribution is -2.45. The topological polar surface area (TPSA) is 58.2 Å². The minimum atomic E-state index is -0.493. The highest BCUT2D eigenvalue weighted by atomic mass is 35.5. The number of hydrogen-bond acceptors (Lipinski definition) is 2. The van der Waals surface area contributed by atoms with Gasteiger partial charge in [0.25, 0.3) is 5.91 Å². The van der Waals surface area contributed by atoms with Crippen LogP contribution in [-0.4, -0.2) is 24.4 Å². The van der Waals surface area contributed by atoms with E-state index in [1.165, 1.54) is 12.1 Å². The summed E-state index contributed by atoms with van der Waals surface area (Å²) in [6, 6.07) is 4.11. The highest BCUT2D eigenvalue weighted by molar-refractivity contribution is 6.35. The lowest BCUT2D eigenvalue weighted by molar-refractivity contribution is -0.122. The molecule has 0 radical (unpaired) electrons. The van der Waals surface area contributed by atoms with E-state index >= 15 is 0 Å². The minimum Gasteiger partial charge on any atom is -0.354 e. The van der Waals surface area contributed by atoms with Crippen molar-refractivity contribution in [2.45, 2.75) is 25.3 Å². The van der Waals surface area contributed by atoms with E-state index in [4.69, 9.17) is 23.2 Å². The maximum absolute atomic E-state index is 12.1. The molecule has 2 rings (SSSR count). The maximum Gasteiger partial charge on any atom is 0.252 e. The van der Waals surface area contributed by atoms with Gasteiger partial charge in [0.15, 0.2) is 0 Å². The van der Waals surface area contributed by atoms with Crippen molar-refractivity contribution < 1.29 is 9.59 Å². The molecule has 0 saturated carbocycles. The first-order valence-corrected chi connectivity index (χ1v) is 6.86. The predicted octanol–water partition coefficient (Wildman–Crippen LogP) is 2.39. The molecule has 102 valence electrons. The molecule has 1 heterocycles. The standard InChI is InChI=1S/C13H14Cl2N2O2/c14-9-5-8(6-10(15)7-9)12(18)17-11-3-1-2-4-16-13(11)19/h5-7,11H,1-4H2,(H,16,19)(H,17,18)/t11-/m1/s1. The SMILES string of the molecule is O=C(N[C@@H]1CCCCNC1=O)c1cc(Cl)cc(Cl)c1. The summed E-state index contributed by atoms with van der Waals surface area (Å²) in [7, 11) is 0. The molecule has 6 heteroatoms. The average Bonchev–Trinajstić information content (AvgIpc) is 2.54.